The number of carboxylic acid groups (broad SMARTS) is 2. The van der Waals surface area contributed by atoms with Crippen LogP contribution in [0.15, 0.2) is 169 Å². The van der Waals surface area contributed by atoms with Gasteiger partial charge in [0.25, 0.3) is 0 Å². The molecular formula is C64H76N6O4. The number of rotatable bonds is 14. The van der Waals surface area contributed by atoms with Crippen molar-refractivity contribution in [2.75, 3.05) is 89.1 Å². The predicted octanol–water partition coefficient (Wildman–Crippen LogP) is 9.28. The molecule has 7 rings (SSSR count). The molecule has 0 aromatic heterocycles. The van der Waals surface area contributed by atoms with Gasteiger partial charge in [0.15, 0.2) is 11.4 Å². The summed E-state index contributed by atoms with van der Waals surface area (Å²) in [5.41, 5.74) is 22.2. The number of carbonyl (C=O) groups excluding carboxylic acids is 2. The third kappa shape index (κ3) is 15.5. The lowest BCUT2D eigenvalue weighted by Crippen LogP contribution is -2.23. The highest BCUT2D eigenvalue weighted by Gasteiger charge is 2.19. The summed E-state index contributed by atoms with van der Waals surface area (Å²) in [5, 5.41) is 17.8. The molecule has 0 heterocycles. The number of anilines is 4. The minimum atomic E-state index is -1.08. The fourth-order valence-corrected chi connectivity index (χ4v) is 8.87. The van der Waals surface area contributed by atoms with Crippen molar-refractivity contribution in [3.63, 3.8) is 0 Å². The largest absolute Gasteiger partial charge is 0.550 e. The molecule has 0 N–H and O–H groups in total. The molecule has 386 valence electrons. The number of hydrogen-bond acceptors (Lipinski definition) is 8. The number of nitrogens with zero attached hydrogens (tertiary/aromatic N) is 6. The lowest BCUT2D eigenvalue weighted by atomic mass is 9.88. The summed E-state index contributed by atoms with van der Waals surface area (Å²) in [6.07, 6.45) is 17.9. The summed E-state index contributed by atoms with van der Waals surface area (Å²) < 4.78 is 4.30. The number of benzene rings is 5. The van der Waals surface area contributed by atoms with Crippen molar-refractivity contribution in [3.05, 3.63) is 213 Å². The van der Waals surface area contributed by atoms with Crippen LogP contribution >= 0.6 is 0 Å². The third-order valence-corrected chi connectivity index (χ3v) is 12.9. The van der Waals surface area contributed by atoms with Crippen molar-refractivity contribution in [3.8, 4) is 0 Å². The van der Waals surface area contributed by atoms with E-state index in [4.69, 9.17) is 19.8 Å². The van der Waals surface area contributed by atoms with Crippen molar-refractivity contribution in [1.82, 2.24) is 0 Å². The zero-order chi connectivity index (χ0) is 54.2. The summed E-state index contributed by atoms with van der Waals surface area (Å²) in [6, 6.07) is 41.1. The molecular weight excluding hydrogens is 917 g/mol. The molecule has 74 heavy (non-hydrogen) atoms. The van der Waals surface area contributed by atoms with E-state index in [0.717, 1.165) is 40.0 Å². The van der Waals surface area contributed by atoms with Crippen molar-refractivity contribution >= 4 is 57.3 Å². The van der Waals surface area contributed by atoms with Crippen LogP contribution in [-0.4, -0.2) is 102 Å². The number of aliphatic carboxylic acids is 2. The van der Waals surface area contributed by atoms with Crippen LogP contribution in [0.25, 0.3) is 11.1 Å². The van der Waals surface area contributed by atoms with E-state index in [2.05, 4.69) is 271 Å². The van der Waals surface area contributed by atoms with Gasteiger partial charge < -0.3 is 39.4 Å². The highest BCUT2D eigenvalue weighted by molar-refractivity contribution is 6.05. The Bertz CT molecular complexity index is 2780. The summed E-state index contributed by atoms with van der Waals surface area (Å²) in [5.74, 6) is -2.17. The molecule has 10 heteroatoms. The maximum absolute atomic E-state index is 8.89. The fourth-order valence-electron chi connectivity index (χ4n) is 8.87. The van der Waals surface area contributed by atoms with Crippen molar-refractivity contribution < 1.29 is 29.0 Å². The van der Waals surface area contributed by atoms with Crippen LogP contribution in [0, 0.1) is 13.8 Å². The van der Waals surface area contributed by atoms with Crippen LogP contribution in [0.4, 0.5) is 22.7 Å². The van der Waals surface area contributed by atoms with E-state index in [0.29, 0.717) is 0 Å². The average molecular weight is 993 g/mol. The summed E-state index contributed by atoms with van der Waals surface area (Å²) >= 11 is 0. The van der Waals surface area contributed by atoms with Crippen molar-refractivity contribution in [2.24, 2.45) is 0 Å². The highest BCUT2D eigenvalue weighted by Crippen LogP contribution is 2.36. The fraction of sp³-hybridized carbons (Fsp3) is 0.281. The standard InChI is InChI=1S/C60H70N6.2C2H4O2/c1-13-65(55-35-37-57(43(3)39-55)59(47-19-27-51(28-20-47)61(5)6)48-21-29-52(30-22-48)62(7)8)41-45-15-17-46(18-16-45)42-66(14-2)56-36-38-58(44(4)40-56)60(49-23-31-53(32-24-49)63(9)10)50-25-33-54(34-26-50)64(11)12;2*1-2(3)4/h15-40H,13-14,41-42H2,1-12H3;2*1H3,(H,3,4)/q+2;;/p-2. The molecule has 5 aromatic carbocycles. The number of carbonyl (C=O) groups is 2. The van der Waals surface area contributed by atoms with E-state index in [1.54, 1.807) is 0 Å². The van der Waals surface area contributed by atoms with Gasteiger partial charge in [0.05, 0.1) is 0 Å². The topological polar surface area (TPSA) is 99.2 Å². The molecule has 2 aliphatic rings. The molecule has 10 nitrogen and oxygen atoms in total. The second kappa shape index (κ2) is 26.6. The molecule has 0 fully saturated rings. The molecule has 2 aliphatic carbocycles. The predicted molar refractivity (Wildman–Crippen MR) is 308 cm³/mol. The first-order valence-corrected chi connectivity index (χ1v) is 25.2. The smallest absolute Gasteiger partial charge is 0.199 e. The highest BCUT2D eigenvalue weighted by atomic mass is 16.4. The quantitative estimate of drug-likeness (QED) is 0.102. The Morgan fingerprint density at radius 3 is 0.973 bits per heavy atom. The Labute approximate surface area is 441 Å². The van der Waals surface area contributed by atoms with Gasteiger partial charge in [-0.1, -0.05) is 60.7 Å². The first-order chi connectivity index (χ1) is 35.2. The monoisotopic (exact) mass is 993 g/mol. The Morgan fingerprint density at radius 1 is 0.446 bits per heavy atom. The normalized spacial score (nSPS) is 12.3. The zero-order valence-electron chi connectivity index (χ0n) is 46.2. The van der Waals surface area contributed by atoms with Gasteiger partial charge >= 0.3 is 0 Å². The van der Waals surface area contributed by atoms with Crippen LogP contribution in [0.3, 0.4) is 0 Å². The zero-order valence-corrected chi connectivity index (χ0v) is 46.2. The molecule has 0 saturated heterocycles. The molecule has 0 aliphatic heterocycles. The van der Waals surface area contributed by atoms with Gasteiger partial charge in [-0.2, -0.15) is 0 Å². The first-order valence-electron chi connectivity index (χ1n) is 25.2. The first kappa shape index (κ1) is 56.9. The SMILES string of the molecule is CC(=O)[O-].CC(=O)[O-].CCN(Cc1ccc(CN(CC)c2ccc(C(=C3C=CC(=[N+](C)C)C=C3)c3ccc(N(C)C)cc3)c(C)c2)cc1)c1ccc(C(=C2C=CC(=[N+](C)C)C=C2)c2ccc(N(C)C)cc2)c(C)c1. The maximum Gasteiger partial charge on any atom is 0.199 e. The maximum atomic E-state index is 8.89. The van der Waals surface area contributed by atoms with Crippen LogP contribution in [0.1, 0.15) is 72.2 Å². The van der Waals surface area contributed by atoms with E-state index >= 15 is 0 Å². The van der Waals surface area contributed by atoms with E-state index < -0.39 is 11.9 Å². The van der Waals surface area contributed by atoms with Gasteiger partial charge in [-0.25, -0.2) is 9.15 Å². The van der Waals surface area contributed by atoms with E-state index in [9.17, 15) is 0 Å². The third-order valence-electron chi connectivity index (χ3n) is 12.9. The summed E-state index contributed by atoms with van der Waals surface area (Å²) in [6.45, 7) is 14.5. The van der Waals surface area contributed by atoms with E-state index in [1.165, 1.54) is 101 Å². The van der Waals surface area contributed by atoms with Crippen LogP contribution < -0.4 is 29.8 Å². The van der Waals surface area contributed by atoms with Gasteiger partial charge in [-0.3, -0.25) is 0 Å². The van der Waals surface area contributed by atoms with Crippen molar-refractivity contribution in [1.29, 1.82) is 0 Å². The minimum Gasteiger partial charge on any atom is -0.550 e. The summed E-state index contributed by atoms with van der Waals surface area (Å²) in [4.78, 5) is 27.0. The minimum absolute atomic E-state index is 0.844. The number of allylic oxidation sites excluding steroid dienone is 10. The van der Waals surface area contributed by atoms with Gasteiger partial charge in [-0.05, 0) is 181 Å². The number of carboxylic acids is 2. The molecule has 0 spiro atoms. The molecule has 0 saturated carbocycles. The van der Waals surface area contributed by atoms with Gasteiger partial charge in [0.1, 0.15) is 28.2 Å². The molecule has 0 atom stereocenters. The van der Waals surface area contributed by atoms with Gasteiger partial charge in [-0.15, -0.1) is 0 Å². The molecule has 0 bridgehead atoms. The van der Waals surface area contributed by atoms with E-state index in [1.807, 2.05) is 0 Å². The lowest BCUT2D eigenvalue weighted by Gasteiger charge is -2.26. The Balaban J connectivity index is 0.00000118. The number of aryl methyl sites for hydroxylation is 2. The Hall–Kier alpha value is -7.98. The van der Waals surface area contributed by atoms with Crippen LogP contribution in [0.2, 0.25) is 0 Å². The Kier molecular flexibility index (Phi) is 20.5. The second-order valence-electron chi connectivity index (χ2n) is 19.3. The van der Waals surface area contributed by atoms with Gasteiger partial charge in [0, 0.05) is 113 Å². The number of hydrogen-bond donors (Lipinski definition) is 0. The average Bonchev–Trinajstić information content (AvgIpc) is 3.36. The molecule has 5 aromatic rings. The lowest BCUT2D eigenvalue weighted by molar-refractivity contribution is -0.462. The van der Waals surface area contributed by atoms with Crippen molar-refractivity contribution in [2.45, 2.75) is 54.6 Å². The molecule has 0 unspecified atom stereocenters. The second-order valence-corrected chi connectivity index (χ2v) is 19.3. The van der Waals surface area contributed by atoms with Gasteiger partial charge in [0.2, 0.25) is 0 Å². The molecule has 0 amide bonds. The van der Waals surface area contributed by atoms with E-state index in [-0.39, 0.29) is 0 Å². The van der Waals surface area contributed by atoms with Crippen LogP contribution in [-0.2, 0) is 22.7 Å². The molecule has 0 radical (unpaired) electrons. The Morgan fingerprint density at radius 2 is 0.730 bits per heavy atom. The van der Waals surface area contributed by atoms with Crippen LogP contribution in [0.5, 0.6) is 0 Å². The summed E-state index contributed by atoms with van der Waals surface area (Å²) in [7, 11) is 16.7.